The fraction of sp³-hybridized carbons (Fsp3) is 0.200. The molecule has 0 aliphatic carbocycles. The van der Waals surface area contributed by atoms with Crippen molar-refractivity contribution in [2.24, 2.45) is 0 Å². The van der Waals surface area contributed by atoms with Crippen LogP contribution in [0.3, 0.4) is 0 Å². The van der Waals surface area contributed by atoms with E-state index in [-0.39, 0.29) is 12.5 Å². The molecule has 40 heavy (non-hydrogen) atoms. The van der Waals surface area contributed by atoms with Gasteiger partial charge in [-0.3, -0.25) is 0 Å². The molecule has 0 saturated carbocycles. The lowest BCUT2D eigenvalue weighted by molar-refractivity contribution is 0.282. The number of H-pyrrole nitrogens is 2. The van der Waals surface area contributed by atoms with Crippen LogP contribution in [0.1, 0.15) is 47.4 Å². The highest BCUT2D eigenvalue weighted by Crippen LogP contribution is 2.40. The molecule has 0 unspecified atom stereocenters. The Balaban J connectivity index is 1.32. The van der Waals surface area contributed by atoms with Crippen molar-refractivity contribution in [2.45, 2.75) is 38.4 Å². The minimum Gasteiger partial charge on any atom is -0.489 e. The van der Waals surface area contributed by atoms with E-state index in [1.807, 2.05) is 48.5 Å². The van der Waals surface area contributed by atoms with E-state index in [9.17, 15) is 5.11 Å². The standard InChI is InChI=1S/C35H34N2O3/c38-18-8-7-13-29(32-21-36-34-16-14-27(19-30(32)34)39-23-25-9-3-1-4-10-25)33-22-37-35-17-15-28(20-31(33)35)40-24-26-11-5-2-6-12-26/h1-6,9-12,14-17,19-22,29,36-38H,7-8,13,18,23-24H2. The summed E-state index contributed by atoms with van der Waals surface area (Å²) in [6.45, 7) is 1.25. The van der Waals surface area contributed by atoms with Gasteiger partial charge in [0, 0.05) is 46.7 Å². The summed E-state index contributed by atoms with van der Waals surface area (Å²) in [7, 11) is 0. The van der Waals surface area contributed by atoms with Crippen LogP contribution in [0.5, 0.6) is 11.5 Å². The summed E-state index contributed by atoms with van der Waals surface area (Å²) in [6, 6.07) is 33.0. The first-order valence-electron chi connectivity index (χ1n) is 13.9. The molecule has 0 fully saturated rings. The van der Waals surface area contributed by atoms with Gasteiger partial charge in [-0.05, 0) is 71.5 Å². The van der Waals surface area contributed by atoms with Gasteiger partial charge >= 0.3 is 0 Å². The quantitative estimate of drug-likeness (QED) is 0.140. The average molecular weight is 531 g/mol. The Kier molecular flexibility index (Phi) is 7.83. The van der Waals surface area contributed by atoms with Crippen LogP contribution in [-0.2, 0) is 13.2 Å². The molecule has 0 bridgehead atoms. The van der Waals surface area contributed by atoms with Crippen molar-refractivity contribution in [3.05, 3.63) is 132 Å². The minimum absolute atomic E-state index is 0.141. The van der Waals surface area contributed by atoms with Crippen molar-refractivity contribution in [1.29, 1.82) is 0 Å². The van der Waals surface area contributed by atoms with Crippen molar-refractivity contribution < 1.29 is 14.6 Å². The van der Waals surface area contributed by atoms with Gasteiger partial charge < -0.3 is 24.5 Å². The number of hydrogen-bond acceptors (Lipinski definition) is 3. The van der Waals surface area contributed by atoms with Crippen molar-refractivity contribution in [2.75, 3.05) is 6.61 Å². The molecule has 0 radical (unpaired) electrons. The number of nitrogens with one attached hydrogen (secondary N) is 2. The van der Waals surface area contributed by atoms with Crippen LogP contribution in [0, 0.1) is 0 Å². The number of aliphatic hydroxyl groups is 1. The Morgan fingerprint density at radius 2 is 1.10 bits per heavy atom. The molecule has 0 saturated heterocycles. The number of benzene rings is 4. The Hall–Kier alpha value is -4.48. The van der Waals surface area contributed by atoms with Gasteiger partial charge in [0.15, 0.2) is 0 Å². The van der Waals surface area contributed by atoms with Crippen LogP contribution < -0.4 is 9.47 Å². The zero-order valence-corrected chi connectivity index (χ0v) is 22.5. The molecular formula is C35H34N2O3. The minimum atomic E-state index is 0.141. The van der Waals surface area contributed by atoms with Gasteiger partial charge in [-0.1, -0.05) is 67.1 Å². The summed E-state index contributed by atoms with van der Waals surface area (Å²) in [5.74, 6) is 1.84. The highest BCUT2D eigenvalue weighted by Gasteiger charge is 2.22. The molecule has 2 heterocycles. The van der Waals surface area contributed by atoms with Gasteiger partial charge in [0.2, 0.25) is 0 Å². The smallest absolute Gasteiger partial charge is 0.120 e. The first-order chi connectivity index (χ1) is 19.8. The SMILES string of the molecule is OCCCCC(c1c[nH]c2ccc(OCc3ccccc3)cc12)c1c[nH]c2ccc(OCc3ccccc3)cc12. The fourth-order valence-electron chi connectivity index (χ4n) is 5.42. The summed E-state index contributed by atoms with van der Waals surface area (Å²) in [6.07, 6.45) is 6.88. The maximum atomic E-state index is 9.52. The average Bonchev–Trinajstić information content (AvgIpc) is 3.62. The summed E-state index contributed by atoms with van der Waals surface area (Å²) in [5, 5.41) is 11.8. The largest absolute Gasteiger partial charge is 0.489 e. The predicted molar refractivity (Wildman–Crippen MR) is 161 cm³/mol. The molecular weight excluding hydrogens is 496 g/mol. The molecule has 5 nitrogen and oxygen atoms in total. The number of aromatic amines is 2. The number of unbranched alkanes of at least 4 members (excludes halogenated alkanes) is 1. The van der Waals surface area contributed by atoms with Gasteiger partial charge in [-0.15, -0.1) is 0 Å². The number of ether oxygens (including phenoxy) is 2. The molecule has 2 aromatic heterocycles. The Labute approximate surface area is 234 Å². The highest BCUT2D eigenvalue weighted by atomic mass is 16.5. The zero-order valence-electron chi connectivity index (χ0n) is 22.5. The lowest BCUT2D eigenvalue weighted by Crippen LogP contribution is -2.02. The van der Waals surface area contributed by atoms with Gasteiger partial charge in [-0.25, -0.2) is 0 Å². The molecule has 5 heteroatoms. The molecule has 0 atom stereocenters. The first kappa shape index (κ1) is 25.8. The van der Waals surface area contributed by atoms with E-state index in [0.29, 0.717) is 13.2 Å². The number of rotatable bonds is 12. The van der Waals surface area contributed by atoms with Gasteiger partial charge in [0.25, 0.3) is 0 Å². The third kappa shape index (κ3) is 5.75. The highest BCUT2D eigenvalue weighted by molar-refractivity contribution is 5.89. The molecule has 6 aromatic rings. The van der Waals surface area contributed by atoms with E-state index in [2.05, 4.69) is 70.9 Å². The maximum absolute atomic E-state index is 9.52. The summed E-state index contributed by atoms with van der Waals surface area (Å²) < 4.78 is 12.3. The first-order valence-corrected chi connectivity index (χ1v) is 13.9. The van der Waals surface area contributed by atoms with Crippen molar-refractivity contribution >= 4 is 21.8 Å². The van der Waals surface area contributed by atoms with Crippen LogP contribution in [0.25, 0.3) is 21.8 Å². The van der Waals surface area contributed by atoms with E-state index in [1.165, 1.54) is 11.1 Å². The number of aromatic nitrogens is 2. The van der Waals surface area contributed by atoms with E-state index in [1.54, 1.807) is 0 Å². The second-order valence-corrected chi connectivity index (χ2v) is 10.2. The molecule has 0 spiro atoms. The number of fused-ring (bicyclic) bond motifs is 2. The van der Waals surface area contributed by atoms with Gasteiger partial charge in [0.05, 0.1) is 0 Å². The maximum Gasteiger partial charge on any atom is 0.120 e. The molecule has 3 N–H and O–H groups in total. The van der Waals surface area contributed by atoms with E-state index in [4.69, 9.17) is 9.47 Å². The number of aliphatic hydroxyl groups excluding tert-OH is 1. The van der Waals surface area contributed by atoms with E-state index in [0.717, 1.165) is 63.7 Å². The lowest BCUT2D eigenvalue weighted by Gasteiger charge is -2.17. The molecule has 0 aliphatic heterocycles. The van der Waals surface area contributed by atoms with Crippen molar-refractivity contribution in [1.82, 2.24) is 9.97 Å². The van der Waals surface area contributed by atoms with Crippen LogP contribution in [0.2, 0.25) is 0 Å². The predicted octanol–water partition coefficient (Wildman–Crippen LogP) is 8.10. The second kappa shape index (κ2) is 12.1. The normalized spacial score (nSPS) is 11.4. The molecule has 0 amide bonds. The van der Waals surface area contributed by atoms with E-state index >= 15 is 0 Å². The van der Waals surface area contributed by atoms with Crippen LogP contribution >= 0.6 is 0 Å². The van der Waals surface area contributed by atoms with Crippen molar-refractivity contribution in [3.63, 3.8) is 0 Å². The van der Waals surface area contributed by atoms with Crippen molar-refractivity contribution in [3.8, 4) is 11.5 Å². The Morgan fingerprint density at radius 1 is 0.600 bits per heavy atom. The Bertz CT molecular complexity index is 1550. The molecule has 202 valence electrons. The summed E-state index contributed by atoms with van der Waals surface area (Å²) >= 11 is 0. The van der Waals surface area contributed by atoms with Crippen LogP contribution in [0.15, 0.2) is 109 Å². The third-order valence-electron chi connectivity index (χ3n) is 7.52. The number of hydrogen-bond donors (Lipinski definition) is 3. The molecule has 0 aliphatic rings. The third-order valence-corrected chi connectivity index (χ3v) is 7.52. The summed E-state index contributed by atoms with van der Waals surface area (Å²) in [5.41, 5.74) is 6.91. The van der Waals surface area contributed by atoms with E-state index < -0.39 is 0 Å². The van der Waals surface area contributed by atoms with Crippen LogP contribution in [-0.4, -0.2) is 21.7 Å². The fourth-order valence-corrected chi connectivity index (χ4v) is 5.42. The lowest BCUT2D eigenvalue weighted by atomic mass is 9.86. The van der Waals surface area contributed by atoms with Gasteiger partial charge in [0.1, 0.15) is 24.7 Å². The van der Waals surface area contributed by atoms with Crippen LogP contribution in [0.4, 0.5) is 0 Å². The topological polar surface area (TPSA) is 70.3 Å². The Morgan fingerprint density at radius 3 is 1.57 bits per heavy atom. The van der Waals surface area contributed by atoms with Gasteiger partial charge in [-0.2, -0.15) is 0 Å². The second-order valence-electron chi connectivity index (χ2n) is 10.2. The zero-order chi connectivity index (χ0) is 27.1. The molecule has 6 rings (SSSR count). The molecule has 4 aromatic carbocycles. The monoisotopic (exact) mass is 530 g/mol. The summed E-state index contributed by atoms with van der Waals surface area (Å²) in [4.78, 5) is 6.96.